The van der Waals surface area contributed by atoms with Gasteiger partial charge < -0.3 is 4.74 Å². The Morgan fingerprint density at radius 2 is 2.07 bits per heavy atom. The molecule has 0 aromatic heterocycles. The van der Waals surface area contributed by atoms with Gasteiger partial charge in [-0.3, -0.25) is 0 Å². The summed E-state index contributed by atoms with van der Waals surface area (Å²) in [6.45, 7) is 0. The zero-order chi connectivity index (χ0) is 10.7. The van der Waals surface area contributed by atoms with Gasteiger partial charge >= 0.3 is 0 Å². The SMILES string of the molecule is COC1CCC/C1=C\c1ccc(Cl)cc1. The molecule has 1 aromatic carbocycles. The van der Waals surface area contributed by atoms with Crippen LogP contribution in [0, 0.1) is 0 Å². The van der Waals surface area contributed by atoms with E-state index in [2.05, 4.69) is 6.08 Å². The summed E-state index contributed by atoms with van der Waals surface area (Å²) in [5.41, 5.74) is 2.61. The van der Waals surface area contributed by atoms with Crippen molar-refractivity contribution in [1.29, 1.82) is 0 Å². The normalized spacial score (nSPS) is 23.6. The first-order valence-electron chi connectivity index (χ1n) is 5.28. The minimum absolute atomic E-state index is 0.320. The lowest BCUT2D eigenvalue weighted by atomic mass is 10.1. The number of ether oxygens (including phenoxy) is 1. The van der Waals surface area contributed by atoms with Crippen LogP contribution >= 0.6 is 11.6 Å². The Morgan fingerprint density at radius 3 is 2.73 bits per heavy atom. The van der Waals surface area contributed by atoms with Gasteiger partial charge in [0.05, 0.1) is 6.10 Å². The highest BCUT2D eigenvalue weighted by molar-refractivity contribution is 6.30. The Morgan fingerprint density at radius 1 is 1.33 bits per heavy atom. The van der Waals surface area contributed by atoms with Crippen molar-refractivity contribution in [1.82, 2.24) is 0 Å². The van der Waals surface area contributed by atoms with Crippen molar-refractivity contribution < 1.29 is 4.74 Å². The molecule has 80 valence electrons. The van der Waals surface area contributed by atoms with Crippen LogP contribution in [0.5, 0.6) is 0 Å². The van der Waals surface area contributed by atoms with E-state index in [1.165, 1.54) is 17.6 Å². The summed E-state index contributed by atoms with van der Waals surface area (Å²) in [5, 5.41) is 0.784. The first-order valence-corrected chi connectivity index (χ1v) is 5.66. The van der Waals surface area contributed by atoms with Gasteiger partial charge in [-0.2, -0.15) is 0 Å². The second kappa shape index (κ2) is 4.82. The van der Waals surface area contributed by atoms with Gasteiger partial charge in [0, 0.05) is 12.1 Å². The first kappa shape index (κ1) is 10.7. The maximum atomic E-state index is 5.84. The monoisotopic (exact) mass is 222 g/mol. The van der Waals surface area contributed by atoms with Gasteiger partial charge in [-0.05, 0) is 42.5 Å². The van der Waals surface area contributed by atoms with E-state index in [1.807, 2.05) is 24.3 Å². The molecular formula is C13H15ClO. The molecule has 0 N–H and O–H groups in total. The molecule has 1 fully saturated rings. The van der Waals surface area contributed by atoms with Gasteiger partial charge in [0.1, 0.15) is 0 Å². The van der Waals surface area contributed by atoms with Crippen LogP contribution in [0.25, 0.3) is 6.08 Å². The van der Waals surface area contributed by atoms with Crippen molar-refractivity contribution in [2.24, 2.45) is 0 Å². The molecule has 15 heavy (non-hydrogen) atoms. The first-order chi connectivity index (χ1) is 7.29. The molecule has 0 radical (unpaired) electrons. The van der Waals surface area contributed by atoms with Crippen LogP contribution in [0.3, 0.4) is 0 Å². The topological polar surface area (TPSA) is 9.23 Å². The third-order valence-electron chi connectivity index (χ3n) is 2.85. The minimum atomic E-state index is 0.320. The van der Waals surface area contributed by atoms with Crippen molar-refractivity contribution in [3.05, 3.63) is 40.4 Å². The Bertz CT molecular complexity index is 353. The van der Waals surface area contributed by atoms with Crippen molar-refractivity contribution >= 4 is 17.7 Å². The lowest BCUT2D eigenvalue weighted by Gasteiger charge is -2.09. The number of rotatable bonds is 2. The Labute approximate surface area is 95.7 Å². The molecule has 0 aliphatic heterocycles. The molecule has 2 rings (SSSR count). The molecule has 0 saturated heterocycles. The van der Waals surface area contributed by atoms with E-state index in [9.17, 15) is 0 Å². The molecule has 1 aliphatic carbocycles. The van der Waals surface area contributed by atoms with Gasteiger partial charge in [0.25, 0.3) is 0 Å². The van der Waals surface area contributed by atoms with Crippen LogP contribution in [0.4, 0.5) is 0 Å². The molecule has 1 aliphatic rings. The van der Waals surface area contributed by atoms with E-state index in [0.29, 0.717) is 6.10 Å². The second-order valence-electron chi connectivity index (χ2n) is 3.89. The van der Waals surface area contributed by atoms with E-state index in [0.717, 1.165) is 17.9 Å². The van der Waals surface area contributed by atoms with E-state index in [1.54, 1.807) is 7.11 Å². The lowest BCUT2D eigenvalue weighted by molar-refractivity contribution is 0.137. The van der Waals surface area contributed by atoms with E-state index < -0.39 is 0 Å². The van der Waals surface area contributed by atoms with Crippen molar-refractivity contribution in [2.45, 2.75) is 25.4 Å². The van der Waals surface area contributed by atoms with Crippen molar-refractivity contribution in [2.75, 3.05) is 7.11 Å². The van der Waals surface area contributed by atoms with E-state index in [4.69, 9.17) is 16.3 Å². The Kier molecular flexibility index (Phi) is 3.45. The third kappa shape index (κ3) is 2.61. The van der Waals surface area contributed by atoms with E-state index in [-0.39, 0.29) is 0 Å². The molecule has 0 heterocycles. The molecule has 1 saturated carbocycles. The standard InChI is InChI=1S/C13H15ClO/c1-15-13-4-2-3-11(13)9-10-5-7-12(14)8-6-10/h5-9,13H,2-4H2,1H3/b11-9+. The highest BCUT2D eigenvalue weighted by Gasteiger charge is 2.19. The van der Waals surface area contributed by atoms with Crippen molar-refractivity contribution in [3.63, 3.8) is 0 Å². The minimum Gasteiger partial charge on any atom is -0.377 e. The third-order valence-corrected chi connectivity index (χ3v) is 3.10. The summed E-state index contributed by atoms with van der Waals surface area (Å²) in [6.07, 6.45) is 6.08. The predicted octanol–water partition coefficient (Wildman–Crippen LogP) is 3.92. The number of halogens is 1. The maximum Gasteiger partial charge on any atom is 0.0784 e. The molecular weight excluding hydrogens is 208 g/mol. The predicted molar refractivity (Wildman–Crippen MR) is 64.1 cm³/mol. The van der Waals surface area contributed by atoms with Crippen LogP contribution in [0.15, 0.2) is 29.8 Å². The summed E-state index contributed by atoms with van der Waals surface area (Å²) in [5.74, 6) is 0. The highest BCUT2D eigenvalue weighted by Crippen LogP contribution is 2.29. The summed E-state index contributed by atoms with van der Waals surface area (Å²) >= 11 is 5.84. The number of hydrogen-bond acceptors (Lipinski definition) is 1. The van der Waals surface area contributed by atoms with Crippen LogP contribution in [0.2, 0.25) is 5.02 Å². The molecule has 1 atom stereocenters. The second-order valence-corrected chi connectivity index (χ2v) is 4.32. The summed E-state index contributed by atoms with van der Waals surface area (Å²) in [6, 6.07) is 7.93. The smallest absolute Gasteiger partial charge is 0.0784 e. The number of hydrogen-bond donors (Lipinski definition) is 0. The zero-order valence-corrected chi connectivity index (χ0v) is 9.63. The Balaban J connectivity index is 2.18. The average Bonchev–Trinajstić information content (AvgIpc) is 2.69. The molecule has 0 amide bonds. The lowest BCUT2D eigenvalue weighted by Crippen LogP contribution is -2.06. The van der Waals surface area contributed by atoms with Gasteiger partial charge in [-0.25, -0.2) is 0 Å². The van der Waals surface area contributed by atoms with Crippen molar-refractivity contribution in [3.8, 4) is 0 Å². The van der Waals surface area contributed by atoms with E-state index >= 15 is 0 Å². The zero-order valence-electron chi connectivity index (χ0n) is 8.87. The quantitative estimate of drug-likeness (QED) is 0.737. The molecule has 0 bridgehead atoms. The molecule has 0 spiro atoms. The van der Waals surface area contributed by atoms with Gasteiger partial charge in [0.2, 0.25) is 0 Å². The summed E-state index contributed by atoms with van der Waals surface area (Å²) < 4.78 is 5.43. The number of methoxy groups -OCH3 is 1. The molecule has 1 nitrogen and oxygen atoms in total. The van der Waals surface area contributed by atoms with Gasteiger partial charge in [-0.15, -0.1) is 0 Å². The molecule has 1 unspecified atom stereocenters. The fourth-order valence-electron chi connectivity index (χ4n) is 2.05. The van der Waals surface area contributed by atoms with Crippen LogP contribution in [-0.2, 0) is 4.74 Å². The largest absolute Gasteiger partial charge is 0.377 e. The Hall–Kier alpha value is -0.790. The fraction of sp³-hybridized carbons (Fsp3) is 0.385. The average molecular weight is 223 g/mol. The molecule has 1 aromatic rings. The van der Waals surface area contributed by atoms with Crippen LogP contribution in [-0.4, -0.2) is 13.2 Å². The maximum absolute atomic E-state index is 5.84. The molecule has 2 heteroatoms. The van der Waals surface area contributed by atoms with Gasteiger partial charge in [0.15, 0.2) is 0 Å². The summed E-state index contributed by atoms with van der Waals surface area (Å²) in [7, 11) is 1.78. The summed E-state index contributed by atoms with van der Waals surface area (Å²) in [4.78, 5) is 0. The van der Waals surface area contributed by atoms with Crippen LogP contribution in [0.1, 0.15) is 24.8 Å². The fourth-order valence-corrected chi connectivity index (χ4v) is 2.17. The van der Waals surface area contributed by atoms with Crippen LogP contribution < -0.4 is 0 Å². The van der Waals surface area contributed by atoms with Gasteiger partial charge in [-0.1, -0.05) is 29.8 Å². The number of benzene rings is 1. The highest BCUT2D eigenvalue weighted by atomic mass is 35.5.